The maximum atomic E-state index is 13.4. The first-order valence-corrected chi connectivity index (χ1v) is 14.1. The molecular weight excluding hydrogens is 509 g/mol. The Morgan fingerprint density at radius 1 is 1.00 bits per heavy atom. The van der Waals surface area contributed by atoms with Crippen LogP contribution in [0.25, 0.3) is 0 Å². The van der Waals surface area contributed by atoms with Gasteiger partial charge < -0.3 is 10.2 Å². The quantitative estimate of drug-likeness (QED) is 0.415. The van der Waals surface area contributed by atoms with Gasteiger partial charge in [0.1, 0.15) is 6.04 Å². The molecule has 0 aliphatic heterocycles. The normalized spacial score (nSPS) is 12.3. The van der Waals surface area contributed by atoms with Crippen LogP contribution < -0.4 is 9.62 Å². The Kier molecular flexibility index (Phi) is 10.9. The van der Waals surface area contributed by atoms with Gasteiger partial charge in [0, 0.05) is 41.2 Å². The van der Waals surface area contributed by atoms with E-state index in [0.29, 0.717) is 27.7 Å². The number of nitrogens with zero attached hydrogens (tertiary/aromatic N) is 2. The number of hydrogen-bond acceptors (Lipinski definition) is 4. The highest BCUT2D eigenvalue weighted by molar-refractivity contribution is 7.92. The van der Waals surface area contributed by atoms with Crippen molar-refractivity contribution in [2.75, 3.05) is 17.1 Å². The number of rotatable bonds is 12. The fourth-order valence-electron chi connectivity index (χ4n) is 3.75. The summed E-state index contributed by atoms with van der Waals surface area (Å²) in [6.07, 6.45) is 1.85. The molecule has 2 amide bonds. The van der Waals surface area contributed by atoms with E-state index in [1.807, 2.05) is 20.8 Å². The number of hydrogen-bond donors (Lipinski definition) is 1. The zero-order valence-electron chi connectivity index (χ0n) is 20.5. The van der Waals surface area contributed by atoms with E-state index in [4.69, 9.17) is 23.2 Å². The highest BCUT2D eigenvalue weighted by atomic mass is 35.5. The van der Waals surface area contributed by atoms with Gasteiger partial charge in [-0.2, -0.15) is 0 Å². The number of sulfonamides is 1. The number of halogens is 2. The first kappa shape index (κ1) is 28.9. The molecular formula is C25H33Cl2N3O4S. The molecule has 0 radical (unpaired) electrons. The molecule has 0 heterocycles. The Morgan fingerprint density at radius 2 is 1.60 bits per heavy atom. The van der Waals surface area contributed by atoms with Crippen LogP contribution in [-0.4, -0.2) is 50.0 Å². The number of anilines is 1. The fraction of sp³-hybridized carbons (Fsp3) is 0.440. The Bertz CT molecular complexity index is 1090. The monoisotopic (exact) mass is 541 g/mol. The van der Waals surface area contributed by atoms with Crippen LogP contribution in [0.2, 0.25) is 10.0 Å². The molecule has 0 spiro atoms. The molecule has 0 fully saturated rings. The van der Waals surface area contributed by atoms with Gasteiger partial charge in [0.15, 0.2) is 0 Å². The van der Waals surface area contributed by atoms with Crippen LogP contribution in [0, 0.1) is 0 Å². The summed E-state index contributed by atoms with van der Waals surface area (Å²) >= 11 is 12.7. The molecule has 1 atom stereocenters. The van der Waals surface area contributed by atoms with Crippen molar-refractivity contribution in [1.29, 1.82) is 0 Å². The van der Waals surface area contributed by atoms with Crippen LogP contribution in [0.5, 0.6) is 0 Å². The third-order valence-corrected chi connectivity index (χ3v) is 7.31. The van der Waals surface area contributed by atoms with Crippen LogP contribution in [-0.2, 0) is 26.2 Å². The molecule has 2 aromatic carbocycles. The zero-order chi connectivity index (χ0) is 26.2. The lowest BCUT2D eigenvalue weighted by atomic mass is 10.1. The average Bonchev–Trinajstić information content (AvgIpc) is 2.77. The lowest BCUT2D eigenvalue weighted by Crippen LogP contribution is -2.50. The molecule has 0 aliphatic rings. The van der Waals surface area contributed by atoms with E-state index >= 15 is 0 Å². The minimum atomic E-state index is -3.53. The van der Waals surface area contributed by atoms with E-state index in [2.05, 4.69) is 5.32 Å². The summed E-state index contributed by atoms with van der Waals surface area (Å²) in [7, 11) is -3.53. The molecule has 0 saturated heterocycles. The summed E-state index contributed by atoms with van der Waals surface area (Å²) in [5, 5.41) is 3.68. The summed E-state index contributed by atoms with van der Waals surface area (Å²) in [5.74, 6) is -0.547. The Labute approximate surface area is 218 Å². The van der Waals surface area contributed by atoms with Gasteiger partial charge >= 0.3 is 0 Å². The van der Waals surface area contributed by atoms with Gasteiger partial charge in [-0.1, -0.05) is 54.4 Å². The molecule has 0 bridgehead atoms. The van der Waals surface area contributed by atoms with Crippen LogP contribution in [0.4, 0.5) is 5.69 Å². The summed E-state index contributed by atoms with van der Waals surface area (Å²) < 4.78 is 26.0. The molecule has 1 unspecified atom stereocenters. The number of carbonyl (C=O) groups excluding carboxylic acids is 2. The first-order chi connectivity index (χ1) is 16.5. The summed E-state index contributed by atoms with van der Waals surface area (Å²) in [6.45, 7) is 5.73. The highest BCUT2D eigenvalue weighted by Crippen LogP contribution is 2.27. The molecule has 2 aromatic rings. The lowest BCUT2D eigenvalue weighted by molar-refractivity contribution is -0.141. The summed E-state index contributed by atoms with van der Waals surface area (Å²) in [5.41, 5.74) is 1.09. The first-order valence-electron chi connectivity index (χ1n) is 11.5. The van der Waals surface area contributed by atoms with Crippen molar-refractivity contribution in [2.24, 2.45) is 0 Å². The molecule has 7 nitrogen and oxygen atoms in total. The van der Waals surface area contributed by atoms with Gasteiger partial charge in [-0.25, -0.2) is 8.42 Å². The van der Waals surface area contributed by atoms with Crippen molar-refractivity contribution >= 4 is 50.7 Å². The van der Waals surface area contributed by atoms with Gasteiger partial charge in [0.2, 0.25) is 21.8 Å². The number of para-hydroxylation sites is 1. The number of benzene rings is 2. The van der Waals surface area contributed by atoms with Crippen LogP contribution in [0.1, 0.15) is 45.6 Å². The van der Waals surface area contributed by atoms with Crippen LogP contribution in [0.15, 0.2) is 48.5 Å². The molecule has 0 aliphatic carbocycles. The van der Waals surface area contributed by atoms with Crippen molar-refractivity contribution in [1.82, 2.24) is 10.2 Å². The van der Waals surface area contributed by atoms with Crippen LogP contribution in [0.3, 0.4) is 0 Å². The van der Waals surface area contributed by atoms with Gasteiger partial charge in [-0.3, -0.25) is 13.9 Å². The number of carbonyl (C=O) groups is 2. The molecule has 10 heteroatoms. The van der Waals surface area contributed by atoms with E-state index < -0.39 is 16.1 Å². The van der Waals surface area contributed by atoms with Gasteiger partial charge in [0.25, 0.3) is 0 Å². The Morgan fingerprint density at radius 3 is 2.11 bits per heavy atom. The Hall–Kier alpha value is -2.29. The number of amides is 2. The SMILES string of the molecule is CCC(C(=O)NC(C)C)N(Cc1c(Cl)cccc1Cl)C(=O)CCCN(c1ccccc1)S(C)(=O)=O. The minimum Gasteiger partial charge on any atom is -0.352 e. The zero-order valence-corrected chi connectivity index (χ0v) is 22.8. The second kappa shape index (κ2) is 13.1. The third-order valence-electron chi connectivity index (χ3n) is 5.40. The molecule has 1 N–H and O–H groups in total. The lowest BCUT2D eigenvalue weighted by Gasteiger charge is -2.32. The van der Waals surface area contributed by atoms with E-state index in [0.717, 1.165) is 6.26 Å². The summed E-state index contributed by atoms with van der Waals surface area (Å²) in [4.78, 5) is 27.8. The second-order valence-electron chi connectivity index (χ2n) is 8.58. The van der Waals surface area contributed by atoms with Crippen molar-refractivity contribution in [3.05, 3.63) is 64.1 Å². The Balaban J connectivity index is 2.26. The van der Waals surface area contributed by atoms with E-state index in [-0.39, 0.29) is 43.8 Å². The predicted octanol–water partition coefficient (Wildman–Crippen LogP) is 4.87. The molecule has 0 saturated carbocycles. The minimum absolute atomic E-state index is 0.0480. The van der Waals surface area contributed by atoms with E-state index in [9.17, 15) is 18.0 Å². The smallest absolute Gasteiger partial charge is 0.243 e. The largest absolute Gasteiger partial charge is 0.352 e. The van der Waals surface area contributed by atoms with E-state index in [1.165, 1.54) is 9.21 Å². The second-order valence-corrected chi connectivity index (χ2v) is 11.3. The predicted molar refractivity (Wildman–Crippen MR) is 142 cm³/mol. The third kappa shape index (κ3) is 8.40. The average molecular weight is 543 g/mol. The maximum Gasteiger partial charge on any atom is 0.243 e. The summed E-state index contributed by atoms with van der Waals surface area (Å²) in [6, 6.07) is 13.0. The molecule has 35 heavy (non-hydrogen) atoms. The standard InChI is InChI=1S/C25H33Cl2N3O4S/c1-5-23(25(32)28-18(2)3)29(17-20-21(26)13-9-14-22(20)27)24(31)15-10-16-30(35(4,33)34)19-11-7-6-8-12-19/h6-9,11-14,18,23H,5,10,15-17H2,1-4H3,(H,28,32). The van der Waals surface area contributed by atoms with Crippen LogP contribution >= 0.6 is 23.2 Å². The highest BCUT2D eigenvalue weighted by Gasteiger charge is 2.30. The van der Waals surface area contributed by atoms with Crippen molar-refractivity contribution < 1.29 is 18.0 Å². The maximum absolute atomic E-state index is 13.4. The molecule has 0 aromatic heterocycles. The molecule has 192 valence electrons. The fourth-order valence-corrected chi connectivity index (χ4v) is 5.23. The topological polar surface area (TPSA) is 86.8 Å². The van der Waals surface area contributed by atoms with Gasteiger partial charge in [-0.15, -0.1) is 0 Å². The van der Waals surface area contributed by atoms with E-state index in [1.54, 1.807) is 48.5 Å². The van der Waals surface area contributed by atoms with Crippen molar-refractivity contribution in [3.63, 3.8) is 0 Å². The van der Waals surface area contributed by atoms with Gasteiger partial charge in [-0.05, 0) is 51.0 Å². The van der Waals surface area contributed by atoms with Gasteiger partial charge in [0.05, 0.1) is 11.9 Å². The van der Waals surface area contributed by atoms with Crippen molar-refractivity contribution in [3.8, 4) is 0 Å². The van der Waals surface area contributed by atoms with Crippen molar-refractivity contribution in [2.45, 2.75) is 58.7 Å². The molecule has 2 rings (SSSR count). The number of nitrogens with one attached hydrogen (secondary N) is 1.